The molecule has 0 spiro atoms. The average molecular weight is 423 g/mol. The summed E-state index contributed by atoms with van der Waals surface area (Å²) in [4.78, 5) is 55.5. The molecule has 1 saturated heterocycles. The summed E-state index contributed by atoms with van der Waals surface area (Å²) in [5.74, 6) is -1.54. The van der Waals surface area contributed by atoms with E-state index in [4.69, 9.17) is 4.52 Å². The lowest BCUT2D eigenvalue weighted by molar-refractivity contribution is -0.150. The van der Waals surface area contributed by atoms with Crippen molar-refractivity contribution in [2.75, 3.05) is 7.05 Å². The molecular weight excluding hydrogens is 402 g/mol. The second-order valence-corrected chi connectivity index (χ2v) is 7.43. The van der Waals surface area contributed by atoms with Gasteiger partial charge in [-0.1, -0.05) is 30.3 Å². The Morgan fingerprint density at radius 2 is 2.06 bits per heavy atom. The molecule has 4 rings (SSSR count). The molecule has 1 aromatic heterocycles. The van der Waals surface area contributed by atoms with Gasteiger partial charge in [0.2, 0.25) is 23.5 Å². The summed E-state index contributed by atoms with van der Waals surface area (Å²) < 4.78 is 5.32. The van der Waals surface area contributed by atoms with E-state index in [1.165, 1.54) is 11.0 Å². The first-order valence-electron chi connectivity index (χ1n) is 9.93. The summed E-state index contributed by atoms with van der Waals surface area (Å²) in [6.07, 6.45) is 2.24. The smallest absolute Gasteiger partial charge is 0.277 e. The van der Waals surface area contributed by atoms with Gasteiger partial charge in [-0.2, -0.15) is 4.98 Å². The van der Waals surface area contributed by atoms with Gasteiger partial charge in [-0.05, 0) is 24.5 Å². The van der Waals surface area contributed by atoms with E-state index in [0.29, 0.717) is 5.82 Å². The Labute approximate surface area is 177 Å². The zero-order chi connectivity index (χ0) is 22.1. The first-order chi connectivity index (χ1) is 14.9. The maximum Gasteiger partial charge on any atom is 0.277 e. The van der Waals surface area contributed by atoms with E-state index in [-0.39, 0.29) is 31.0 Å². The SMILES string of the molecule is CCc1cccc(-c2noc(CN(C)C3=CC(=O)N(C4CCC(=O)NC4=O)C3=O)n2)c1. The zero-order valence-electron chi connectivity index (χ0n) is 17.1. The van der Waals surface area contributed by atoms with Gasteiger partial charge in [0.1, 0.15) is 11.7 Å². The molecule has 1 aromatic carbocycles. The summed E-state index contributed by atoms with van der Waals surface area (Å²) >= 11 is 0. The predicted octanol–water partition coefficient (Wildman–Crippen LogP) is 0.789. The van der Waals surface area contributed by atoms with E-state index in [9.17, 15) is 19.2 Å². The van der Waals surface area contributed by atoms with Gasteiger partial charge in [-0.25, -0.2) is 0 Å². The van der Waals surface area contributed by atoms with Crippen molar-refractivity contribution in [3.63, 3.8) is 0 Å². The van der Waals surface area contributed by atoms with Crippen LogP contribution in [0.1, 0.15) is 31.2 Å². The standard InChI is InChI=1S/C21H21N5O5/c1-3-12-5-4-6-13(9-12)19-23-17(31-24-19)11-25(2)15-10-18(28)26(21(15)30)14-7-8-16(27)22-20(14)29/h4-6,9-10,14H,3,7-8,11H2,1-2H3,(H,22,27,29). The highest BCUT2D eigenvalue weighted by molar-refractivity contribution is 6.18. The third-order valence-electron chi connectivity index (χ3n) is 5.30. The molecule has 1 N–H and O–H groups in total. The minimum absolute atomic E-state index is 0.0721. The van der Waals surface area contributed by atoms with Gasteiger partial charge in [0.15, 0.2) is 0 Å². The number of likely N-dealkylation sites (N-methyl/N-ethyl adjacent to an activating group) is 1. The van der Waals surface area contributed by atoms with E-state index in [2.05, 4.69) is 22.4 Å². The predicted molar refractivity (Wildman–Crippen MR) is 107 cm³/mol. The van der Waals surface area contributed by atoms with Crippen LogP contribution in [0.4, 0.5) is 0 Å². The first kappa shape index (κ1) is 20.5. The van der Waals surface area contributed by atoms with E-state index < -0.39 is 29.7 Å². The highest BCUT2D eigenvalue weighted by Gasteiger charge is 2.43. The van der Waals surface area contributed by atoms with Crippen molar-refractivity contribution in [2.45, 2.75) is 38.8 Å². The molecule has 0 bridgehead atoms. The van der Waals surface area contributed by atoms with Crippen molar-refractivity contribution >= 4 is 23.6 Å². The Bertz CT molecular complexity index is 1110. The second-order valence-electron chi connectivity index (χ2n) is 7.43. The van der Waals surface area contributed by atoms with Crippen LogP contribution in [0.2, 0.25) is 0 Å². The number of rotatable bonds is 6. The topological polar surface area (TPSA) is 126 Å². The number of carbonyl (C=O) groups excluding carboxylic acids is 4. The number of nitrogens with zero attached hydrogens (tertiary/aromatic N) is 4. The van der Waals surface area contributed by atoms with Crippen LogP contribution in [-0.2, 0) is 32.1 Å². The van der Waals surface area contributed by atoms with Crippen LogP contribution >= 0.6 is 0 Å². The molecule has 31 heavy (non-hydrogen) atoms. The lowest BCUT2D eigenvalue weighted by Crippen LogP contribution is -2.54. The first-order valence-corrected chi connectivity index (χ1v) is 9.93. The number of aromatic nitrogens is 2. The Balaban J connectivity index is 1.46. The summed E-state index contributed by atoms with van der Waals surface area (Å²) in [5.41, 5.74) is 2.09. The van der Waals surface area contributed by atoms with Crippen LogP contribution in [0.25, 0.3) is 11.4 Å². The molecule has 2 aromatic rings. The maximum absolute atomic E-state index is 12.8. The normalized spacial score (nSPS) is 19.0. The van der Waals surface area contributed by atoms with Gasteiger partial charge in [0.05, 0.1) is 6.54 Å². The Morgan fingerprint density at radius 1 is 1.26 bits per heavy atom. The lowest BCUT2D eigenvalue weighted by atomic mass is 10.0. The monoisotopic (exact) mass is 423 g/mol. The van der Waals surface area contributed by atoms with Crippen LogP contribution < -0.4 is 5.32 Å². The van der Waals surface area contributed by atoms with Crippen LogP contribution in [0.3, 0.4) is 0 Å². The number of hydrogen-bond acceptors (Lipinski definition) is 8. The summed E-state index contributed by atoms with van der Waals surface area (Å²) in [7, 11) is 1.62. The summed E-state index contributed by atoms with van der Waals surface area (Å²) in [5, 5.41) is 6.17. The molecule has 160 valence electrons. The van der Waals surface area contributed by atoms with Gasteiger partial charge in [0.25, 0.3) is 11.8 Å². The lowest BCUT2D eigenvalue weighted by Gasteiger charge is -2.29. The minimum Gasteiger partial charge on any atom is -0.361 e. The van der Waals surface area contributed by atoms with Crippen molar-refractivity contribution in [1.82, 2.24) is 25.3 Å². The van der Waals surface area contributed by atoms with Gasteiger partial charge in [-0.15, -0.1) is 0 Å². The molecule has 0 aliphatic carbocycles. The Kier molecular flexibility index (Phi) is 5.37. The molecule has 1 atom stereocenters. The number of aryl methyl sites for hydroxylation is 1. The van der Waals surface area contributed by atoms with E-state index in [1.54, 1.807) is 7.05 Å². The molecule has 10 nitrogen and oxygen atoms in total. The van der Waals surface area contributed by atoms with Crippen molar-refractivity contribution in [1.29, 1.82) is 0 Å². The summed E-state index contributed by atoms with van der Waals surface area (Å²) in [6, 6.07) is 6.81. The molecule has 10 heteroatoms. The number of nitrogens with one attached hydrogen (secondary N) is 1. The molecule has 1 fully saturated rings. The van der Waals surface area contributed by atoms with Crippen LogP contribution in [-0.4, -0.2) is 56.7 Å². The van der Waals surface area contributed by atoms with Crippen LogP contribution in [0.5, 0.6) is 0 Å². The van der Waals surface area contributed by atoms with Crippen LogP contribution in [0, 0.1) is 0 Å². The quantitative estimate of drug-likeness (QED) is 0.676. The highest BCUT2D eigenvalue weighted by atomic mass is 16.5. The Morgan fingerprint density at radius 3 is 2.81 bits per heavy atom. The van der Waals surface area contributed by atoms with Gasteiger partial charge >= 0.3 is 0 Å². The third-order valence-corrected chi connectivity index (χ3v) is 5.30. The molecule has 2 aliphatic heterocycles. The van der Waals surface area contributed by atoms with Crippen molar-refractivity contribution in [2.24, 2.45) is 0 Å². The molecule has 0 radical (unpaired) electrons. The van der Waals surface area contributed by atoms with E-state index in [0.717, 1.165) is 22.4 Å². The number of imide groups is 2. The number of carbonyl (C=O) groups is 4. The third kappa shape index (κ3) is 3.96. The molecular formula is C21H21N5O5. The molecule has 0 saturated carbocycles. The van der Waals surface area contributed by atoms with Crippen LogP contribution in [0.15, 0.2) is 40.6 Å². The van der Waals surface area contributed by atoms with E-state index in [1.807, 2.05) is 24.3 Å². The van der Waals surface area contributed by atoms with Gasteiger partial charge in [-0.3, -0.25) is 29.4 Å². The molecule has 1 unspecified atom stereocenters. The zero-order valence-corrected chi connectivity index (χ0v) is 17.1. The van der Waals surface area contributed by atoms with Crippen molar-refractivity contribution in [3.05, 3.63) is 47.5 Å². The number of benzene rings is 1. The van der Waals surface area contributed by atoms with Gasteiger partial charge in [0, 0.05) is 25.1 Å². The van der Waals surface area contributed by atoms with Crippen molar-refractivity contribution in [3.8, 4) is 11.4 Å². The van der Waals surface area contributed by atoms with E-state index >= 15 is 0 Å². The Hall–Kier alpha value is -3.82. The van der Waals surface area contributed by atoms with Crippen molar-refractivity contribution < 1.29 is 23.7 Å². The number of hydrogen-bond donors (Lipinski definition) is 1. The molecule has 3 heterocycles. The largest absolute Gasteiger partial charge is 0.361 e. The molecule has 2 aliphatic rings. The summed E-state index contributed by atoms with van der Waals surface area (Å²) in [6.45, 7) is 2.16. The fourth-order valence-corrected chi connectivity index (χ4v) is 3.62. The average Bonchev–Trinajstić information content (AvgIpc) is 3.33. The highest BCUT2D eigenvalue weighted by Crippen LogP contribution is 2.24. The molecule has 4 amide bonds. The maximum atomic E-state index is 12.8. The number of amides is 4. The fraction of sp³-hybridized carbons (Fsp3) is 0.333. The van der Waals surface area contributed by atoms with Gasteiger partial charge < -0.3 is 9.42 Å². The second kappa shape index (κ2) is 8.13. The number of piperidine rings is 1. The fourth-order valence-electron chi connectivity index (χ4n) is 3.62. The minimum atomic E-state index is -0.999.